The first-order valence-electron chi connectivity index (χ1n) is 8.76. The van der Waals surface area contributed by atoms with Crippen molar-refractivity contribution in [1.82, 2.24) is 17.6 Å². The summed E-state index contributed by atoms with van der Waals surface area (Å²) in [5, 5.41) is 1.51. The Hall–Kier alpha value is -1.13. The second kappa shape index (κ2) is 6.49. The van der Waals surface area contributed by atoms with Gasteiger partial charge in [-0.1, -0.05) is 11.6 Å². The molecular weight excluding hydrogens is 467 g/mol. The quantitative estimate of drug-likeness (QED) is 0.531. The lowest BCUT2D eigenvalue weighted by molar-refractivity contribution is 0.226. The fourth-order valence-corrected chi connectivity index (χ4v) is 5.05. The Morgan fingerprint density at radius 3 is 2.69 bits per heavy atom. The van der Waals surface area contributed by atoms with Crippen LogP contribution in [0.4, 0.5) is 11.5 Å². The molecule has 2 unspecified atom stereocenters. The van der Waals surface area contributed by atoms with Gasteiger partial charge in [-0.15, -0.1) is 0 Å². The Bertz CT molecular complexity index is 947. The SMILES string of the molecule is Cc1nc2c3c(nc(=O)n2I)N2C(C)CN(C)CC2CCN(C)c3c1Cl. The minimum Gasteiger partial charge on any atom is -0.373 e. The molecule has 0 spiro atoms. The number of anilines is 2. The van der Waals surface area contributed by atoms with E-state index in [2.05, 4.69) is 45.7 Å². The molecule has 9 heteroatoms. The maximum atomic E-state index is 12.6. The van der Waals surface area contributed by atoms with Crippen LogP contribution in [0.2, 0.25) is 5.02 Å². The van der Waals surface area contributed by atoms with Crippen LogP contribution in [0, 0.1) is 6.92 Å². The number of fused-ring (bicyclic) bond motifs is 2. The summed E-state index contributed by atoms with van der Waals surface area (Å²) in [5.41, 5.74) is 2.00. The molecule has 2 aromatic rings. The molecular formula is C17H22ClIN6O. The van der Waals surface area contributed by atoms with Gasteiger partial charge < -0.3 is 14.7 Å². The standard InChI is InChI=1S/C17H22ClIN6O/c1-9-7-22(3)8-11-5-6-23(4)14-12-15(24(9)11)21-17(26)25(19)16(12)20-10(2)13(14)18/h9,11H,5-8H2,1-4H3. The lowest BCUT2D eigenvalue weighted by Gasteiger charge is -2.47. The van der Waals surface area contributed by atoms with Crippen LogP contribution in [0.1, 0.15) is 19.0 Å². The summed E-state index contributed by atoms with van der Waals surface area (Å²) in [5.74, 6) is 0.722. The van der Waals surface area contributed by atoms with Gasteiger partial charge in [-0.05, 0) is 27.3 Å². The first kappa shape index (κ1) is 18.2. The van der Waals surface area contributed by atoms with Gasteiger partial charge in [0.25, 0.3) is 0 Å². The number of aryl methyl sites for hydroxylation is 1. The highest BCUT2D eigenvalue weighted by atomic mass is 127. The molecule has 2 aliphatic heterocycles. The minimum absolute atomic E-state index is 0.259. The molecule has 26 heavy (non-hydrogen) atoms. The first-order chi connectivity index (χ1) is 12.3. The van der Waals surface area contributed by atoms with E-state index >= 15 is 0 Å². The zero-order chi connectivity index (χ0) is 18.7. The van der Waals surface area contributed by atoms with Crippen LogP contribution in [0.15, 0.2) is 4.79 Å². The molecule has 4 rings (SSSR count). The second-order valence-electron chi connectivity index (χ2n) is 7.40. The maximum Gasteiger partial charge on any atom is 0.360 e. The number of nitrogens with zero attached hydrogens (tertiary/aromatic N) is 6. The molecule has 4 heterocycles. The maximum absolute atomic E-state index is 12.6. The van der Waals surface area contributed by atoms with E-state index in [1.165, 1.54) is 2.78 Å². The van der Waals surface area contributed by atoms with Gasteiger partial charge in [-0.3, -0.25) is 0 Å². The Morgan fingerprint density at radius 2 is 1.96 bits per heavy atom. The molecule has 2 aliphatic rings. The summed E-state index contributed by atoms with van der Waals surface area (Å²) in [6.07, 6.45) is 0.985. The Labute approximate surface area is 171 Å². The number of piperazine rings is 1. The van der Waals surface area contributed by atoms with Crippen molar-refractivity contribution < 1.29 is 0 Å². The van der Waals surface area contributed by atoms with Crippen molar-refractivity contribution in [2.75, 3.05) is 43.5 Å². The molecule has 0 amide bonds. The molecule has 0 radical (unpaired) electrons. The summed E-state index contributed by atoms with van der Waals surface area (Å²) in [6.45, 7) is 6.86. The van der Waals surface area contributed by atoms with E-state index in [1.807, 2.05) is 29.8 Å². The van der Waals surface area contributed by atoms with Crippen molar-refractivity contribution in [3.63, 3.8) is 0 Å². The molecule has 7 nitrogen and oxygen atoms in total. The summed E-state index contributed by atoms with van der Waals surface area (Å²) in [6, 6.07) is 0.565. The molecule has 140 valence electrons. The van der Waals surface area contributed by atoms with Crippen molar-refractivity contribution in [2.24, 2.45) is 0 Å². The van der Waals surface area contributed by atoms with Crippen LogP contribution in [-0.4, -0.2) is 63.5 Å². The van der Waals surface area contributed by atoms with Gasteiger partial charge in [0.2, 0.25) is 0 Å². The fraction of sp³-hybridized carbons (Fsp3) is 0.588. The number of hydrogen-bond acceptors (Lipinski definition) is 6. The highest BCUT2D eigenvalue weighted by Gasteiger charge is 2.36. The molecule has 0 saturated carbocycles. The monoisotopic (exact) mass is 488 g/mol. The first-order valence-corrected chi connectivity index (χ1v) is 10.1. The molecule has 2 aromatic heterocycles. The van der Waals surface area contributed by atoms with E-state index < -0.39 is 0 Å². The fourth-order valence-electron chi connectivity index (χ4n) is 4.31. The van der Waals surface area contributed by atoms with E-state index in [1.54, 1.807) is 0 Å². The summed E-state index contributed by atoms with van der Waals surface area (Å²) < 4.78 is 1.49. The number of hydrogen-bond donors (Lipinski definition) is 0. The van der Waals surface area contributed by atoms with Crippen molar-refractivity contribution in [2.45, 2.75) is 32.4 Å². The summed E-state index contributed by atoms with van der Waals surface area (Å²) >= 11 is 8.66. The van der Waals surface area contributed by atoms with Gasteiger partial charge in [0.15, 0.2) is 5.65 Å². The lowest BCUT2D eigenvalue weighted by Crippen LogP contribution is -2.58. The normalized spacial score (nSPS) is 23.8. The smallest absolute Gasteiger partial charge is 0.360 e. The van der Waals surface area contributed by atoms with Crippen molar-refractivity contribution in [1.29, 1.82) is 0 Å². The Kier molecular flexibility index (Phi) is 4.55. The topological polar surface area (TPSA) is 57.5 Å². The average molecular weight is 489 g/mol. The molecule has 1 fully saturated rings. The zero-order valence-corrected chi connectivity index (χ0v) is 18.2. The number of pyridine rings is 1. The van der Waals surface area contributed by atoms with Crippen molar-refractivity contribution in [3.05, 3.63) is 21.2 Å². The third kappa shape index (κ3) is 2.68. The van der Waals surface area contributed by atoms with E-state index in [0.29, 0.717) is 16.7 Å². The van der Waals surface area contributed by atoms with E-state index in [0.717, 1.165) is 48.6 Å². The van der Waals surface area contributed by atoms with Crippen LogP contribution in [0.5, 0.6) is 0 Å². The minimum atomic E-state index is -0.290. The average Bonchev–Trinajstić information content (AvgIpc) is 2.56. The molecule has 0 bridgehead atoms. The van der Waals surface area contributed by atoms with Crippen LogP contribution in [0.3, 0.4) is 0 Å². The largest absolute Gasteiger partial charge is 0.373 e. The molecule has 0 aliphatic carbocycles. The van der Waals surface area contributed by atoms with Gasteiger partial charge in [0, 0.05) is 38.8 Å². The van der Waals surface area contributed by atoms with Gasteiger partial charge in [0.05, 0.1) is 44.7 Å². The van der Waals surface area contributed by atoms with Crippen molar-refractivity contribution in [3.8, 4) is 0 Å². The van der Waals surface area contributed by atoms with Crippen molar-refractivity contribution >= 4 is 57.0 Å². The van der Waals surface area contributed by atoms with Crippen LogP contribution in [-0.2, 0) is 0 Å². The Morgan fingerprint density at radius 1 is 1.23 bits per heavy atom. The van der Waals surface area contributed by atoms with Crippen LogP contribution >= 0.6 is 34.5 Å². The van der Waals surface area contributed by atoms with Crippen LogP contribution < -0.4 is 15.5 Å². The van der Waals surface area contributed by atoms with Crippen LogP contribution in [0.25, 0.3) is 11.0 Å². The van der Waals surface area contributed by atoms with Gasteiger partial charge in [-0.2, -0.15) is 4.98 Å². The molecule has 0 N–H and O–H groups in total. The van der Waals surface area contributed by atoms with Gasteiger partial charge >= 0.3 is 5.69 Å². The predicted molar refractivity (Wildman–Crippen MR) is 114 cm³/mol. The Balaban J connectivity index is 2.12. The van der Waals surface area contributed by atoms with E-state index in [9.17, 15) is 4.79 Å². The molecule has 1 saturated heterocycles. The zero-order valence-electron chi connectivity index (χ0n) is 15.3. The lowest BCUT2D eigenvalue weighted by atomic mass is 10.0. The third-order valence-electron chi connectivity index (χ3n) is 5.43. The molecule has 0 aromatic carbocycles. The predicted octanol–water partition coefficient (Wildman–Crippen LogP) is 2.30. The number of rotatable bonds is 0. The number of halogens is 2. The van der Waals surface area contributed by atoms with E-state index in [-0.39, 0.29) is 11.7 Å². The second-order valence-corrected chi connectivity index (χ2v) is 8.74. The van der Waals surface area contributed by atoms with Gasteiger partial charge in [0.1, 0.15) is 5.82 Å². The molecule has 2 atom stereocenters. The number of aromatic nitrogens is 3. The highest BCUT2D eigenvalue weighted by Crippen LogP contribution is 2.42. The third-order valence-corrected chi connectivity index (χ3v) is 6.75. The van der Waals surface area contributed by atoms with E-state index in [4.69, 9.17) is 11.6 Å². The number of likely N-dealkylation sites (N-methyl/N-ethyl adjacent to an activating group) is 1. The van der Waals surface area contributed by atoms with Gasteiger partial charge in [-0.25, -0.2) is 12.6 Å². The highest BCUT2D eigenvalue weighted by molar-refractivity contribution is 14.1. The summed E-state index contributed by atoms with van der Waals surface area (Å²) in [7, 11) is 4.20. The summed E-state index contributed by atoms with van der Waals surface area (Å²) in [4.78, 5) is 28.6.